The fourth-order valence-corrected chi connectivity index (χ4v) is 6.66. The zero-order chi connectivity index (χ0) is 47.0. The van der Waals surface area contributed by atoms with Crippen LogP contribution in [0.4, 0.5) is 61.5 Å². The molecule has 0 saturated heterocycles. The predicted octanol–water partition coefficient (Wildman–Crippen LogP) is 14.8. The fraction of sp³-hybridized carbons (Fsp3) is 0.435. The number of unbranched alkanes of at least 4 members (excludes halogenated alkanes) is 6. The molecule has 0 atom stereocenters. The van der Waals surface area contributed by atoms with E-state index < -0.39 is 81.5 Å². The summed E-state index contributed by atoms with van der Waals surface area (Å²) in [6, 6.07) is 6.05. The van der Waals surface area contributed by atoms with Gasteiger partial charge < -0.3 is 18.9 Å². The Labute approximate surface area is 361 Å². The largest absolute Gasteiger partial charge is 0.493 e. The molecule has 4 aromatic carbocycles. The molecule has 64 heavy (non-hydrogen) atoms. The molecule has 0 unspecified atom stereocenters. The van der Waals surface area contributed by atoms with Crippen LogP contribution in [0, 0.1) is 46.5 Å². The number of allylic oxidation sites excluding steroid dienone is 1. The molecule has 0 aliphatic rings. The summed E-state index contributed by atoms with van der Waals surface area (Å²) < 4.78 is 211. The molecule has 18 heteroatoms. The second-order valence-electron chi connectivity index (χ2n) is 15.0. The van der Waals surface area contributed by atoms with E-state index >= 15 is 0 Å². The van der Waals surface area contributed by atoms with Crippen LogP contribution < -0.4 is 18.9 Å². The molecule has 0 saturated carbocycles. The maximum Gasteiger partial charge on any atom is 0.422 e. The summed E-state index contributed by atoms with van der Waals surface area (Å²) in [6.07, 6.45) is -2.50. The SMILES string of the molecule is C=C(CCCCCCOc1cc(F)c(OCCCc2cc(F)c(C(F)(F)F)c(F)c2)c(F)c1)CCCCCCOc1cc(F)c(OCCCc2cc(F)c(C(F)(F)F)c(F)c2)c(F)c1. The summed E-state index contributed by atoms with van der Waals surface area (Å²) in [7, 11) is 0. The lowest BCUT2D eigenvalue weighted by Crippen LogP contribution is -2.12. The molecule has 4 aromatic rings. The average Bonchev–Trinajstić information content (AvgIpc) is 3.17. The van der Waals surface area contributed by atoms with Crippen LogP contribution in [0.15, 0.2) is 60.7 Å². The number of hydrogen-bond acceptors (Lipinski definition) is 4. The first-order valence-corrected chi connectivity index (χ1v) is 20.5. The molecule has 0 radical (unpaired) electrons. The van der Waals surface area contributed by atoms with Gasteiger partial charge in [-0.2, -0.15) is 26.3 Å². The van der Waals surface area contributed by atoms with E-state index in [0.29, 0.717) is 37.1 Å². The molecule has 0 bridgehead atoms. The van der Waals surface area contributed by atoms with E-state index in [9.17, 15) is 61.5 Å². The summed E-state index contributed by atoms with van der Waals surface area (Å²) in [5, 5.41) is 0. The molecular formula is C46H46F14O4. The number of rotatable bonds is 26. The van der Waals surface area contributed by atoms with Crippen LogP contribution in [0.5, 0.6) is 23.0 Å². The van der Waals surface area contributed by atoms with Crippen LogP contribution >= 0.6 is 0 Å². The zero-order valence-electron chi connectivity index (χ0n) is 34.5. The second kappa shape index (κ2) is 24.2. The zero-order valence-corrected chi connectivity index (χ0v) is 34.5. The van der Waals surface area contributed by atoms with Gasteiger partial charge in [0, 0.05) is 24.3 Å². The first kappa shape index (κ1) is 51.5. The number of halogens is 14. The lowest BCUT2D eigenvalue weighted by Gasteiger charge is -2.12. The molecule has 0 N–H and O–H groups in total. The number of aryl methyl sites for hydroxylation is 2. The van der Waals surface area contributed by atoms with Crippen molar-refractivity contribution in [3.8, 4) is 23.0 Å². The van der Waals surface area contributed by atoms with Crippen LogP contribution in [0.3, 0.4) is 0 Å². The van der Waals surface area contributed by atoms with Gasteiger partial charge in [-0.15, -0.1) is 0 Å². The average molecular weight is 929 g/mol. The number of ether oxygens (including phenoxy) is 4. The van der Waals surface area contributed by atoms with Crippen LogP contribution in [0.1, 0.15) is 99.3 Å². The third-order valence-corrected chi connectivity index (χ3v) is 9.81. The van der Waals surface area contributed by atoms with Gasteiger partial charge >= 0.3 is 12.4 Å². The summed E-state index contributed by atoms with van der Waals surface area (Å²) in [5.41, 5.74) is -3.03. The highest BCUT2D eigenvalue weighted by Crippen LogP contribution is 2.36. The van der Waals surface area contributed by atoms with Crippen LogP contribution in [-0.2, 0) is 25.2 Å². The van der Waals surface area contributed by atoms with Crippen molar-refractivity contribution in [2.75, 3.05) is 26.4 Å². The van der Waals surface area contributed by atoms with Gasteiger partial charge in [0.05, 0.1) is 26.4 Å². The molecule has 0 aliphatic carbocycles. The summed E-state index contributed by atoms with van der Waals surface area (Å²) >= 11 is 0. The van der Waals surface area contributed by atoms with Crippen molar-refractivity contribution in [2.24, 2.45) is 0 Å². The van der Waals surface area contributed by atoms with E-state index in [-0.39, 0.29) is 74.7 Å². The van der Waals surface area contributed by atoms with Gasteiger partial charge in [-0.05, 0) is 99.6 Å². The van der Waals surface area contributed by atoms with Gasteiger partial charge in [0.1, 0.15) is 45.9 Å². The van der Waals surface area contributed by atoms with Crippen molar-refractivity contribution in [2.45, 2.75) is 102 Å². The molecule has 4 nitrogen and oxygen atoms in total. The quantitative estimate of drug-likeness (QED) is 0.0357. The number of hydrogen-bond donors (Lipinski definition) is 0. The maximum absolute atomic E-state index is 14.5. The van der Waals surface area contributed by atoms with E-state index in [1.54, 1.807) is 0 Å². The molecule has 0 heterocycles. The first-order valence-electron chi connectivity index (χ1n) is 20.5. The predicted molar refractivity (Wildman–Crippen MR) is 209 cm³/mol. The van der Waals surface area contributed by atoms with Crippen molar-refractivity contribution < 1.29 is 80.4 Å². The van der Waals surface area contributed by atoms with Crippen LogP contribution in [0.2, 0.25) is 0 Å². The minimum atomic E-state index is -5.19. The van der Waals surface area contributed by atoms with Gasteiger partial charge in [0.15, 0.2) is 34.8 Å². The summed E-state index contributed by atoms with van der Waals surface area (Å²) in [6.45, 7) is 3.99. The van der Waals surface area contributed by atoms with Crippen molar-refractivity contribution in [3.63, 3.8) is 0 Å². The Kier molecular flexibility index (Phi) is 19.5. The second-order valence-corrected chi connectivity index (χ2v) is 15.0. The Hall–Kier alpha value is -5.16. The Morgan fingerprint density at radius 3 is 0.984 bits per heavy atom. The van der Waals surface area contributed by atoms with Gasteiger partial charge in [-0.1, -0.05) is 37.8 Å². The normalized spacial score (nSPS) is 11.8. The molecule has 352 valence electrons. The molecule has 0 spiro atoms. The lowest BCUT2D eigenvalue weighted by atomic mass is 10.0. The van der Waals surface area contributed by atoms with Crippen molar-refractivity contribution in [1.29, 1.82) is 0 Å². The van der Waals surface area contributed by atoms with Crippen LogP contribution in [0.25, 0.3) is 0 Å². The molecular weight excluding hydrogens is 882 g/mol. The van der Waals surface area contributed by atoms with E-state index in [2.05, 4.69) is 6.58 Å². The van der Waals surface area contributed by atoms with E-state index in [0.717, 1.165) is 81.2 Å². The highest BCUT2D eigenvalue weighted by atomic mass is 19.4. The highest BCUT2D eigenvalue weighted by Gasteiger charge is 2.39. The number of benzene rings is 4. The Morgan fingerprint density at radius 2 is 0.672 bits per heavy atom. The van der Waals surface area contributed by atoms with E-state index in [4.69, 9.17) is 18.9 Å². The molecule has 0 aromatic heterocycles. The topological polar surface area (TPSA) is 36.9 Å². The van der Waals surface area contributed by atoms with Gasteiger partial charge in [0.25, 0.3) is 0 Å². The van der Waals surface area contributed by atoms with Crippen molar-refractivity contribution in [1.82, 2.24) is 0 Å². The Bertz CT molecular complexity index is 1910. The minimum Gasteiger partial charge on any atom is -0.493 e. The van der Waals surface area contributed by atoms with Crippen molar-refractivity contribution in [3.05, 3.63) is 129 Å². The van der Waals surface area contributed by atoms with Crippen LogP contribution in [-0.4, -0.2) is 26.4 Å². The van der Waals surface area contributed by atoms with Crippen molar-refractivity contribution >= 4 is 0 Å². The van der Waals surface area contributed by atoms with Gasteiger partial charge in [-0.25, -0.2) is 35.1 Å². The highest BCUT2D eigenvalue weighted by molar-refractivity contribution is 5.36. The summed E-state index contributed by atoms with van der Waals surface area (Å²) in [4.78, 5) is 0. The minimum absolute atomic E-state index is 0.00758. The van der Waals surface area contributed by atoms with Gasteiger partial charge in [0.2, 0.25) is 0 Å². The molecule has 0 aliphatic heterocycles. The standard InChI is InChI=1S/C46H46F14O4/c1-28(12-6-2-4-8-16-61-31-24-37(51)43(38(52)25-31)63-18-10-14-29-20-33(47)41(34(48)21-29)45(55,56)57)13-7-3-5-9-17-62-32-26-39(53)44(40(54)27-32)64-19-11-15-30-22-35(49)42(36(50)23-30)46(58,59)60/h20-27H,1-19H2. The van der Waals surface area contributed by atoms with E-state index in [1.807, 2.05) is 0 Å². The fourth-order valence-electron chi connectivity index (χ4n) is 6.66. The third-order valence-electron chi connectivity index (χ3n) is 9.81. The smallest absolute Gasteiger partial charge is 0.422 e. The molecule has 4 rings (SSSR count). The Balaban J connectivity index is 1.00. The first-order chi connectivity index (χ1) is 30.2. The third kappa shape index (κ3) is 16.1. The van der Waals surface area contributed by atoms with Gasteiger partial charge in [-0.3, -0.25) is 0 Å². The maximum atomic E-state index is 14.5. The number of alkyl halides is 6. The molecule has 0 amide bonds. The summed E-state index contributed by atoms with van der Waals surface area (Å²) in [5.74, 6) is -12.6. The van der Waals surface area contributed by atoms with E-state index in [1.165, 1.54) is 0 Å². The monoisotopic (exact) mass is 928 g/mol. The Morgan fingerprint density at radius 1 is 0.375 bits per heavy atom. The lowest BCUT2D eigenvalue weighted by molar-refractivity contribution is -0.143. The molecule has 0 fully saturated rings.